The molecule has 376 valence electrons. The number of carboxylic acids is 2. The fourth-order valence-corrected chi connectivity index (χ4v) is 12.8. The molecule has 0 radical (unpaired) electrons. The van der Waals surface area contributed by atoms with Gasteiger partial charge < -0.3 is 20.0 Å². The van der Waals surface area contributed by atoms with E-state index in [1.807, 2.05) is 122 Å². The first-order valence-electron chi connectivity index (χ1n) is 26.0. The van der Waals surface area contributed by atoms with Crippen LogP contribution < -0.4 is 0 Å². The van der Waals surface area contributed by atoms with E-state index in [4.69, 9.17) is 0 Å². The number of carboxylic acid groups (broad SMARTS) is 2. The smallest absolute Gasteiger partial charge is 0.304 e. The fourth-order valence-electron chi connectivity index (χ4n) is 12.8. The molecule has 4 aliphatic rings. The molecule has 6 heterocycles. The molecule has 6 aromatic carbocycles. The highest BCUT2D eigenvalue weighted by Crippen LogP contribution is 2.48. The van der Waals surface area contributed by atoms with Crippen LogP contribution in [0.25, 0.3) is 22.1 Å². The standard InChI is InChI=1S/2C30H30N4O3/c2*1-3-33-27-14-12-23(18(2)29(27)31-32-33)24(17-28(35)36)21-10-9-20-15-22-11-13-26(25(20)16-21)34(22)30(37)19-7-5-4-6-8-19/h2*4-10,12,14,16,22,24,26H,3,11,13,15,17H2,1-2H3,(H,35,36)/t2*22?,24-,26?/m10/s1. The number of hydrogen-bond acceptors (Lipinski definition) is 8. The van der Waals surface area contributed by atoms with Gasteiger partial charge in [0.05, 0.1) is 36.0 Å². The summed E-state index contributed by atoms with van der Waals surface area (Å²) in [5, 5.41) is 37.0. The fraction of sp³-hybridized carbons (Fsp3) is 0.333. The van der Waals surface area contributed by atoms with E-state index in [1.165, 1.54) is 11.1 Å². The molecule has 4 unspecified atom stereocenters. The van der Waals surface area contributed by atoms with Gasteiger partial charge in [0.1, 0.15) is 11.0 Å². The molecule has 6 atom stereocenters. The zero-order chi connectivity index (χ0) is 51.4. The van der Waals surface area contributed by atoms with Crippen LogP contribution >= 0.6 is 0 Å². The third kappa shape index (κ3) is 8.59. The monoisotopic (exact) mass is 988 g/mol. The second kappa shape index (κ2) is 19.8. The minimum atomic E-state index is -0.846. The zero-order valence-corrected chi connectivity index (χ0v) is 42.2. The zero-order valence-electron chi connectivity index (χ0n) is 42.2. The van der Waals surface area contributed by atoms with Gasteiger partial charge in [-0.3, -0.25) is 19.2 Å². The van der Waals surface area contributed by atoms with Crippen LogP contribution in [0, 0.1) is 13.8 Å². The maximum absolute atomic E-state index is 13.5. The van der Waals surface area contributed by atoms with Crippen molar-refractivity contribution in [1.82, 2.24) is 39.8 Å². The minimum Gasteiger partial charge on any atom is -0.481 e. The van der Waals surface area contributed by atoms with Crippen molar-refractivity contribution < 1.29 is 29.4 Å². The molecular weight excluding hydrogens is 929 g/mol. The molecule has 0 spiro atoms. The molecule has 4 bridgehead atoms. The number of nitrogens with zero attached hydrogens (tertiary/aromatic N) is 8. The van der Waals surface area contributed by atoms with Gasteiger partial charge in [-0.25, -0.2) is 9.36 Å². The number of fused-ring (bicyclic) bond motifs is 10. The summed E-state index contributed by atoms with van der Waals surface area (Å²) in [6.07, 6.45) is 5.44. The Kier molecular flexibility index (Phi) is 12.9. The van der Waals surface area contributed by atoms with Crippen LogP contribution in [0.1, 0.15) is 153 Å². The van der Waals surface area contributed by atoms with E-state index in [9.17, 15) is 29.4 Å². The van der Waals surface area contributed by atoms with Crippen molar-refractivity contribution in [2.24, 2.45) is 0 Å². The maximum atomic E-state index is 13.5. The SMILES string of the molecule is CCn1nnc2c(C)c([C@@H](CC(=O)O)c3ccc4c(c3)C3CCC(C4)N3C(=O)c3ccccc3)ccc21.CCn1nnc2c(C)c([C@H](CC(=O)O)c3ccc4c(c3)C3CCC(C4)N3C(=O)c3ccccc3)ccc21. The van der Waals surface area contributed by atoms with Gasteiger partial charge in [-0.2, -0.15) is 0 Å². The van der Waals surface area contributed by atoms with Gasteiger partial charge in [0.2, 0.25) is 0 Å². The number of aryl methyl sites for hydroxylation is 4. The van der Waals surface area contributed by atoms with E-state index in [-0.39, 0.29) is 60.7 Å². The molecule has 12 rings (SSSR count). The molecule has 8 aromatic rings. The van der Waals surface area contributed by atoms with Gasteiger partial charge in [-0.05, 0) is 158 Å². The van der Waals surface area contributed by atoms with Crippen LogP contribution in [0.4, 0.5) is 0 Å². The first kappa shape index (κ1) is 48.3. The Morgan fingerprint density at radius 3 is 1.32 bits per heavy atom. The number of aliphatic carboxylic acids is 2. The lowest BCUT2D eigenvalue weighted by molar-refractivity contribution is -0.138. The first-order valence-corrected chi connectivity index (χ1v) is 26.0. The third-order valence-corrected chi connectivity index (χ3v) is 16.4. The van der Waals surface area contributed by atoms with Crippen molar-refractivity contribution in [2.75, 3.05) is 0 Å². The molecule has 2 saturated heterocycles. The first-order chi connectivity index (χ1) is 35.9. The molecule has 14 nitrogen and oxygen atoms in total. The van der Waals surface area contributed by atoms with Crippen molar-refractivity contribution in [1.29, 1.82) is 0 Å². The number of carbonyl (C=O) groups excluding carboxylic acids is 2. The molecule has 2 N–H and O–H groups in total. The molecule has 14 heteroatoms. The van der Waals surface area contributed by atoms with Crippen molar-refractivity contribution in [2.45, 2.75) is 128 Å². The highest BCUT2D eigenvalue weighted by atomic mass is 16.4. The molecule has 2 aromatic heterocycles. The van der Waals surface area contributed by atoms with Crippen molar-refractivity contribution in [3.63, 3.8) is 0 Å². The number of amides is 2. The third-order valence-electron chi connectivity index (χ3n) is 16.4. The molecule has 2 fully saturated rings. The summed E-state index contributed by atoms with van der Waals surface area (Å²) in [6.45, 7) is 9.50. The summed E-state index contributed by atoms with van der Waals surface area (Å²) in [5.41, 5.74) is 15.6. The summed E-state index contributed by atoms with van der Waals surface area (Å²) >= 11 is 0. The lowest BCUT2D eigenvalue weighted by Gasteiger charge is -2.37. The van der Waals surface area contributed by atoms with E-state index in [1.54, 1.807) is 0 Å². The normalized spacial score (nSPS) is 19.1. The topological polar surface area (TPSA) is 177 Å². The molecule has 74 heavy (non-hydrogen) atoms. The summed E-state index contributed by atoms with van der Waals surface area (Å²) in [4.78, 5) is 55.1. The maximum Gasteiger partial charge on any atom is 0.304 e. The Morgan fingerprint density at radius 2 is 0.946 bits per heavy atom. The molecule has 4 aliphatic heterocycles. The van der Waals surface area contributed by atoms with Gasteiger partial charge in [-0.15, -0.1) is 10.2 Å². The average molecular weight is 989 g/mol. The Labute approximate surface area is 429 Å². The number of rotatable bonds is 12. The van der Waals surface area contributed by atoms with E-state index in [2.05, 4.69) is 66.8 Å². The average Bonchev–Trinajstić information content (AvgIpc) is 4.21. The highest BCUT2D eigenvalue weighted by Gasteiger charge is 2.44. The molecule has 0 aliphatic carbocycles. The van der Waals surface area contributed by atoms with Gasteiger partial charge in [0.15, 0.2) is 0 Å². The van der Waals surface area contributed by atoms with Crippen LogP contribution in [0.15, 0.2) is 121 Å². The Balaban J connectivity index is 0.000000159. The van der Waals surface area contributed by atoms with Crippen LogP contribution in [-0.2, 0) is 35.5 Å². The van der Waals surface area contributed by atoms with Crippen LogP contribution in [0.5, 0.6) is 0 Å². The van der Waals surface area contributed by atoms with Gasteiger partial charge in [0.25, 0.3) is 11.8 Å². The molecular formula is C60H60N8O6. The van der Waals surface area contributed by atoms with E-state index in [0.717, 1.165) is 118 Å². The Morgan fingerprint density at radius 1 is 0.541 bits per heavy atom. The molecule has 2 amide bonds. The largest absolute Gasteiger partial charge is 0.481 e. The van der Waals surface area contributed by atoms with E-state index in [0.29, 0.717) is 11.1 Å². The Bertz CT molecular complexity index is 3250. The Hall–Kier alpha value is -8.00. The van der Waals surface area contributed by atoms with Gasteiger partial charge >= 0.3 is 11.9 Å². The number of hydrogen-bond donors (Lipinski definition) is 2. The van der Waals surface area contributed by atoms with Crippen LogP contribution in [0.2, 0.25) is 0 Å². The quantitative estimate of drug-likeness (QED) is 0.120. The number of aromatic nitrogens is 6. The van der Waals surface area contributed by atoms with Gasteiger partial charge in [0, 0.05) is 48.1 Å². The predicted octanol–water partition coefficient (Wildman–Crippen LogP) is 10.5. The minimum absolute atomic E-state index is 0.0138. The summed E-state index contributed by atoms with van der Waals surface area (Å²) < 4.78 is 3.71. The molecule has 0 saturated carbocycles. The van der Waals surface area contributed by atoms with Crippen LogP contribution in [0.3, 0.4) is 0 Å². The predicted molar refractivity (Wildman–Crippen MR) is 281 cm³/mol. The summed E-state index contributed by atoms with van der Waals surface area (Å²) in [6, 6.07) is 40.2. The highest BCUT2D eigenvalue weighted by molar-refractivity contribution is 5.96. The summed E-state index contributed by atoms with van der Waals surface area (Å²) in [5.74, 6) is -2.19. The van der Waals surface area contributed by atoms with Crippen LogP contribution in [-0.4, -0.2) is 85.8 Å². The van der Waals surface area contributed by atoms with Crippen molar-refractivity contribution in [3.8, 4) is 0 Å². The lowest BCUT2D eigenvalue weighted by atomic mass is 9.82. The second-order valence-electron chi connectivity index (χ2n) is 20.4. The van der Waals surface area contributed by atoms with Crippen molar-refractivity contribution in [3.05, 3.63) is 188 Å². The number of carbonyl (C=O) groups is 4. The van der Waals surface area contributed by atoms with E-state index < -0.39 is 11.9 Å². The number of benzene rings is 6. The lowest BCUT2D eigenvalue weighted by Crippen LogP contribution is -2.41. The van der Waals surface area contributed by atoms with Gasteiger partial charge in [-0.1, -0.05) is 95.4 Å². The second-order valence-corrected chi connectivity index (χ2v) is 20.4. The van der Waals surface area contributed by atoms with Crippen molar-refractivity contribution >= 4 is 45.8 Å². The van der Waals surface area contributed by atoms with E-state index >= 15 is 0 Å². The summed E-state index contributed by atoms with van der Waals surface area (Å²) in [7, 11) is 0.